The Morgan fingerprint density at radius 3 is 2.31 bits per heavy atom. The second-order valence-corrected chi connectivity index (χ2v) is 35.6. The van der Waals surface area contributed by atoms with Crippen molar-refractivity contribution in [3.8, 4) is 11.1 Å². The topological polar surface area (TPSA) is 511 Å². The highest BCUT2D eigenvalue weighted by molar-refractivity contribution is 7.85. The Kier molecular flexibility index (Phi) is 27.9. The first-order valence-electron chi connectivity index (χ1n) is 40.4. The molecule has 7 heterocycles. The fourth-order valence-corrected chi connectivity index (χ4v) is 19.2. The van der Waals surface area contributed by atoms with Gasteiger partial charge in [-0.25, -0.2) is 24.4 Å². The van der Waals surface area contributed by atoms with Crippen molar-refractivity contribution in [3.05, 3.63) is 130 Å². The average Bonchev–Trinajstić information content (AvgIpc) is 1.28. The monoisotopic (exact) mass is 1710 g/mol. The Bertz CT molecular complexity index is 5070. The Balaban J connectivity index is 0.704. The Morgan fingerprint density at radius 1 is 0.843 bits per heavy atom. The number of carbonyl (C=O) groups excluding carboxylic acids is 9. The van der Waals surface area contributed by atoms with Crippen molar-refractivity contribution in [2.24, 2.45) is 22.5 Å². The van der Waals surface area contributed by atoms with Crippen molar-refractivity contribution in [1.82, 2.24) is 45.1 Å². The highest BCUT2D eigenvalue weighted by Crippen LogP contribution is 2.61. The second kappa shape index (κ2) is 37.7. The molecule has 650 valence electrons. The molecule has 4 fully saturated rings. The highest BCUT2D eigenvalue weighted by atomic mass is 32.2. The zero-order chi connectivity index (χ0) is 87.2. The number of aromatic nitrogens is 4. The van der Waals surface area contributed by atoms with Crippen LogP contribution in [0.1, 0.15) is 154 Å². The summed E-state index contributed by atoms with van der Waals surface area (Å²) in [5, 5.41) is 69.3. The van der Waals surface area contributed by atoms with E-state index in [1.165, 1.54) is 41.4 Å². The summed E-state index contributed by atoms with van der Waals surface area (Å²) in [7, 11) is -4.43. The van der Waals surface area contributed by atoms with Gasteiger partial charge in [0.05, 0.1) is 66.3 Å². The molecule has 3 unspecified atom stereocenters. The summed E-state index contributed by atoms with van der Waals surface area (Å²) < 4.78 is 59.0. The molecule has 3 aromatic heterocycles. The first-order valence-corrected chi connectivity index (χ1v) is 42.8. The van der Waals surface area contributed by atoms with E-state index in [2.05, 4.69) is 40.1 Å². The molecule has 2 saturated carbocycles. The van der Waals surface area contributed by atoms with Gasteiger partial charge in [0.1, 0.15) is 48.9 Å². The van der Waals surface area contributed by atoms with Crippen LogP contribution in [0, 0.1) is 23.7 Å². The van der Waals surface area contributed by atoms with E-state index < -0.39 is 161 Å². The zero-order valence-electron chi connectivity index (χ0n) is 68.0. The number of benzene rings is 3. The Morgan fingerprint density at radius 2 is 1.60 bits per heavy atom. The van der Waals surface area contributed by atoms with Crippen molar-refractivity contribution in [1.29, 1.82) is 0 Å². The fraction of sp³-hybridized carbons (Fsp3) is 0.518. The maximum Gasteiger partial charge on any atom is 0.410 e. The number of nitrogens with zero attached hydrogens (tertiary/aromatic N) is 8. The van der Waals surface area contributed by atoms with Crippen LogP contribution in [0.25, 0.3) is 21.3 Å². The highest BCUT2D eigenvalue weighted by Gasteiger charge is 2.56. The van der Waals surface area contributed by atoms with Gasteiger partial charge in [-0.2, -0.15) is 13.5 Å². The van der Waals surface area contributed by atoms with Crippen LogP contribution in [0.2, 0.25) is 0 Å². The number of pyridine rings is 1. The number of aliphatic carboxylic acids is 1. The molecular weight excluding hydrogens is 1610 g/mol. The molecule has 6 aromatic rings. The number of aryl methyl sites for hydroxylation is 1. The predicted octanol–water partition coefficient (Wildman–Crippen LogP) is 5.06. The number of carbonyl (C=O) groups is 11. The van der Waals surface area contributed by atoms with E-state index >= 15 is 0 Å². The van der Waals surface area contributed by atoms with E-state index in [9.17, 15) is 91.2 Å². The molecule has 121 heavy (non-hydrogen) atoms. The number of primary amides is 1. The van der Waals surface area contributed by atoms with E-state index in [1.54, 1.807) is 32.2 Å². The summed E-state index contributed by atoms with van der Waals surface area (Å²) >= 11 is 1.39. The molecule has 36 nitrogen and oxygen atoms in total. The first-order chi connectivity index (χ1) is 57.4. The van der Waals surface area contributed by atoms with Gasteiger partial charge in [-0.3, -0.25) is 57.8 Å². The molecule has 12 rings (SSSR count). The van der Waals surface area contributed by atoms with Crippen molar-refractivity contribution < 1.29 is 110 Å². The Labute approximate surface area is 701 Å². The summed E-state index contributed by atoms with van der Waals surface area (Å²) in [4.78, 5) is 162. The van der Waals surface area contributed by atoms with Gasteiger partial charge in [-0.15, -0.1) is 0 Å². The smallest absolute Gasteiger partial charge is 0.410 e. The van der Waals surface area contributed by atoms with Crippen molar-refractivity contribution >= 4 is 114 Å². The summed E-state index contributed by atoms with van der Waals surface area (Å²) in [5.41, 5.74) is 9.98. The number of para-hydroxylation sites is 1. The van der Waals surface area contributed by atoms with E-state index in [0.717, 1.165) is 81.1 Å². The van der Waals surface area contributed by atoms with E-state index in [-0.39, 0.29) is 80.1 Å². The number of aliphatic hydroxyl groups excluding tert-OH is 3. The summed E-state index contributed by atoms with van der Waals surface area (Å²) in [5.74, 6) is -9.65. The van der Waals surface area contributed by atoms with Crippen molar-refractivity contribution in [3.63, 3.8) is 0 Å². The van der Waals surface area contributed by atoms with Crippen LogP contribution in [0.5, 0.6) is 0 Å². The number of imide groups is 1. The third-order valence-corrected chi connectivity index (χ3v) is 25.3. The van der Waals surface area contributed by atoms with Crippen molar-refractivity contribution in [2.45, 2.75) is 205 Å². The quantitative estimate of drug-likeness (QED) is 0.0139. The number of hydrogen-bond donors (Lipinski definition) is 11. The average molecular weight is 1710 g/mol. The van der Waals surface area contributed by atoms with Gasteiger partial charge in [-0.05, 0) is 153 Å². The first kappa shape index (κ1) is 89.5. The SMILES string of the molecule is CCCC1(OCCN(CCC(N)=O)C(=O)OCc2ccc(NC(=O)[C@H](C)NC(=O)[C@@H](NC(=O)CN3C(=O)[C@@H](N4C(=O)C=CC4=O)C[C@H]3COCCS(=O)(=O)O)C(C)C)cc2CC[C@@H]2O[C@H](C(=O)O)[C@@H](O)[C@H](O)[C@H]2O)CC2(C)CCCC(Cn3ncc(-c4ccc(N5CCc6cccc(C(=O)Nc7nc8ccccc8s7)c6C5)nc4C(=O)O)c3C)(C2)C1. The molecule has 2 saturated heterocycles. The van der Waals surface area contributed by atoms with Crippen molar-refractivity contribution in [2.75, 3.05) is 67.3 Å². The molecule has 9 amide bonds. The molecule has 2 aliphatic carbocycles. The third-order valence-electron chi connectivity index (χ3n) is 23.7. The minimum Gasteiger partial charge on any atom is -0.479 e. The number of thiazole rings is 1. The lowest BCUT2D eigenvalue weighted by atomic mass is 9.51. The predicted molar refractivity (Wildman–Crippen MR) is 438 cm³/mol. The number of rotatable bonds is 36. The molecule has 3 aromatic carbocycles. The molecule has 12 atom stereocenters. The molecule has 6 aliphatic rings. The van der Waals surface area contributed by atoms with E-state index in [0.29, 0.717) is 84.1 Å². The maximum absolute atomic E-state index is 14.5. The summed E-state index contributed by atoms with van der Waals surface area (Å²) in [6.07, 6.45) is 0.0238. The zero-order valence-corrected chi connectivity index (χ0v) is 69.6. The van der Waals surface area contributed by atoms with Gasteiger partial charge in [0.25, 0.3) is 27.8 Å². The lowest BCUT2D eigenvalue weighted by molar-refractivity contribution is -0.228. The molecular formula is C83H103N13O23S2. The minimum absolute atomic E-state index is 0.0165. The van der Waals surface area contributed by atoms with Gasteiger partial charge in [0.15, 0.2) is 16.9 Å². The van der Waals surface area contributed by atoms with Crippen LogP contribution in [0.3, 0.4) is 0 Å². The van der Waals surface area contributed by atoms with Gasteiger partial charge < -0.3 is 80.9 Å². The molecule has 0 radical (unpaired) electrons. The summed E-state index contributed by atoms with van der Waals surface area (Å²) in [6.45, 7) is 9.95. The number of carboxylic acids is 2. The molecule has 0 spiro atoms. The van der Waals surface area contributed by atoms with Gasteiger partial charge in [-0.1, -0.05) is 82.2 Å². The summed E-state index contributed by atoms with van der Waals surface area (Å²) in [6, 6.07) is 16.3. The molecule has 2 bridgehead atoms. The van der Waals surface area contributed by atoms with Gasteiger partial charge >= 0.3 is 18.0 Å². The number of fused-ring (bicyclic) bond motifs is 4. The largest absolute Gasteiger partial charge is 0.479 e. The van der Waals surface area contributed by atoms with Gasteiger partial charge in [0.2, 0.25) is 29.5 Å². The van der Waals surface area contributed by atoms with Crippen LogP contribution in [0.4, 0.5) is 21.4 Å². The number of amides is 9. The lowest BCUT2D eigenvalue weighted by Crippen LogP contribution is -2.59. The van der Waals surface area contributed by atoms with Crippen LogP contribution in [0.15, 0.2) is 91.1 Å². The fourth-order valence-electron chi connectivity index (χ4n) is 18.0. The van der Waals surface area contributed by atoms with Crippen LogP contribution in [-0.4, -0.2) is 250 Å². The number of aromatic carboxylic acids is 1. The molecule has 38 heteroatoms. The number of ether oxygens (including phenoxy) is 4. The minimum atomic E-state index is -4.43. The third kappa shape index (κ3) is 21.1. The Hall–Kier alpha value is -10.7. The van der Waals surface area contributed by atoms with Crippen LogP contribution >= 0.6 is 11.3 Å². The molecule has 4 aliphatic heterocycles. The normalized spacial score (nSPS) is 23.9. The number of nitrogens with one attached hydrogen (secondary N) is 4. The number of likely N-dealkylation sites (tertiary alicyclic amines) is 1. The lowest BCUT2D eigenvalue weighted by Gasteiger charge is -2.58. The van der Waals surface area contributed by atoms with Gasteiger partial charge in [0, 0.05) is 85.8 Å². The standard InChI is InChI=1S/C83H103N13O23S2/c1-7-26-83(43-81(6)27-11-28-82(42-81,44-83)45-95-48(5)56(37-85-95)54-19-21-63(89-68(54)77(108)109)93-29-24-49-12-10-13-55(57(49)38-93)74(105)91-79-88-58-14-8-9-15-61(58)120-79)118-32-31-92(30-25-62(84)97)80(112)117-40-51-16-18-52(35-50(51)17-20-60-69(101)70(102)71(103)72(119-60)78(110)111)87-73(104)47(4)86-75(106)67(46(2)3)90-64(98)39-94-53(41-116-33-34-121(113,114)115)36-59(76(94)107)96-65(99)22-23-66(96)100/h8-10,12-16,18-19,21-23,35,37,46-47,53,59-60,67,69-72,101-103H,7,11,17,20,24-34,36,38-45H2,1-6H3,(H2,84,97)(H,86,106)(H,87,104)(H,90,98)(H,108,109)(H,110,111)(H,88,91,105)(H,113,114,115)/t47-,53-,59-,60-,67-,69-,70+,71-,72-,81?,82?,83?/m0/s1. The number of nitrogens with two attached hydrogens (primary N) is 1. The number of hydrogen-bond acceptors (Lipinski definition) is 25. The second-order valence-electron chi connectivity index (χ2n) is 33.0. The number of anilines is 3. The van der Waals surface area contributed by atoms with Crippen LogP contribution < -0.4 is 31.9 Å². The van der Waals surface area contributed by atoms with E-state index in [4.69, 9.17) is 34.8 Å². The van der Waals surface area contributed by atoms with Crippen LogP contribution in [-0.2, 0) is 100.0 Å². The van der Waals surface area contributed by atoms with E-state index in [1.807, 2.05) is 59.0 Å². The molecule has 12 N–H and O–H groups in total. The number of carboxylic acid groups (broad SMARTS) is 2. The number of aliphatic hydroxyl groups is 3. The maximum atomic E-state index is 14.5.